The van der Waals surface area contributed by atoms with Crippen molar-refractivity contribution in [1.29, 1.82) is 0 Å². The summed E-state index contributed by atoms with van der Waals surface area (Å²) in [7, 11) is 1.85. The Bertz CT molecular complexity index is 686. The Hall–Kier alpha value is -2.40. The van der Waals surface area contributed by atoms with Crippen LogP contribution in [0.2, 0.25) is 0 Å². The zero-order valence-electron chi connectivity index (χ0n) is 14.7. The number of aromatic nitrogens is 2. The lowest BCUT2D eigenvalue weighted by atomic mass is 10.1. The number of rotatable bonds is 8. The van der Waals surface area contributed by atoms with E-state index in [0.717, 1.165) is 30.8 Å². The van der Waals surface area contributed by atoms with Gasteiger partial charge in [0.25, 0.3) is 0 Å². The van der Waals surface area contributed by atoms with E-state index in [4.69, 9.17) is 0 Å². The first-order valence-electron chi connectivity index (χ1n) is 8.36. The van der Waals surface area contributed by atoms with Gasteiger partial charge in [-0.2, -0.15) is 5.10 Å². The summed E-state index contributed by atoms with van der Waals surface area (Å²) in [5, 5.41) is 7.03. The van der Waals surface area contributed by atoms with Crippen LogP contribution in [0.3, 0.4) is 0 Å². The highest BCUT2D eigenvalue weighted by molar-refractivity contribution is 5.91. The van der Waals surface area contributed by atoms with Gasteiger partial charge in [0.1, 0.15) is 0 Å². The smallest absolute Gasteiger partial charge is 0.244 e. The van der Waals surface area contributed by atoms with E-state index >= 15 is 0 Å². The topological polar surface area (TPSA) is 50.2 Å². The minimum absolute atomic E-state index is 0.100. The third-order valence-electron chi connectivity index (χ3n) is 4.01. The van der Waals surface area contributed by atoms with Crippen molar-refractivity contribution < 1.29 is 4.79 Å². The van der Waals surface area contributed by atoms with Crippen molar-refractivity contribution in [2.24, 2.45) is 7.05 Å². The maximum Gasteiger partial charge on any atom is 0.244 e. The second-order valence-electron chi connectivity index (χ2n) is 5.73. The summed E-state index contributed by atoms with van der Waals surface area (Å²) in [6.07, 6.45) is 6.90. The molecule has 0 aliphatic rings. The lowest BCUT2D eigenvalue weighted by Gasteiger charge is -2.20. The summed E-state index contributed by atoms with van der Waals surface area (Å²) < 4.78 is 1.71. The van der Waals surface area contributed by atoms with Crippen LogP contribution in [0.5, 0.6) is 0 Å². The van der Waals surface area contributed by atoms with Crippen LogP contribution in [0, 0.1) is 0 Å². The zero-order chi connectivity index (χ0) is 17.4. The first-order valence-corrected chi connectivity index (χ1v) is 8.36. The van der Waals surface area contributed by atoms with Crippen molar-refractivity contribution in [2.75, 3.05) is 13.1 Å². The van der Waals surface area contributed by atoms with E-state index in [9.17, 15) is 4.79 Å². The van der Waals surface area contributed by atoms with Gasteiger partial charge in [-0.15, -0.1) is 0 Å². The number of aryl methyl sites for hydroxylation is 1. The molecule has 2 rings (SSSR count). The van der Waals surface area contributed by atoms with Gasteiger partial charge < -0.3 is 5.32 Å². The number of benzene rings is 1. The van der Waals surface area contributed by atoms with Gasteiger partial charge in [-0.1, -0.05) is 38.1 Å². The summed E-state index contributed by atoms with van der Waals surface area (Å²) in [6, 6.07) is 8.26. The molecular weight excluding hydrogens is 300 g/mol. The Morgan fingerprint density at radius 3 is 2.58 bits per heavy atom. The molecule has 128 valence electrons. The SMILES string of the molecule is CCN(CC)Cc1ccccc1CNC(=O)C=Cc1cnn(C)c1. The number of nitrogens with zero attached hydrogens (tertiary/aromatic N) is 3. The quantitative estimate of drug-likeness (QED) is 0.759. The fourth-order valence-corrected chi connectivity index (χ4v) is 2.51. The molecule has 0 saturated carbocycles. The Balaban J connectivity index is 1.93. The van der Waals surface area contributed by atoms with E-state index in [1.807, 2.05) is 25.4 Å². The van der Waals surface area contributed by atoms with Crippen molar-refractivity contribution in [3.05, 3.63) is 59.4 Å². The number of carbonyl (C=O) groups excluding carboxylic acids is 1. The third kappa shape index (κ3) is 5.35. The Morgan fingerprint density at radius 2 is 1.96 bits per heavy atom. The first kappa shape index (κ1) is 17.9. The lowest BCUT2D eigenvalue weighted by Crippen LogP contribution is -2.25. The standard InChI is InChI=1S/C19H26N4O/c1-4-23(5-2)15-18-9-7-6-8-17(18)13-20-19(24)11-10-16-12-21-22(3)14-16/h6-12,14H,4-5,13,15H2,1-3H3,(H,20,24). The highest BCUT2D eigenvalue weighted by Crippen LogP contribution is 2.11. The Morgan fingerprint density at radius 1 is 1.25 bits per heavy atom. The number of carbonyl (C=O) groups is 1. The summed E-state index contributed by atoms with van der Waals surface area (Å²) in [4.78, 5) is 14.4. The van der Waals surface area contributed by atoms with Crippen LogP contribution in [-0.2, 0) is 24.9 Å². The molecule has 0 aliphatic heterocycles. The van der Waals surface area contributed by atoms with Crippen LogP contribution in [0.4, 0.5) is 0 Å². The van der Waals surface area contributed by atoms with Crippen LogP contribution in [0.15, 0.2) is 42.7 Å². The number of amides is 1. The highest BCUT2D eigenvalue weighted by atomic mass is 16.1. The maximum absolute atomic E-state index is 12.0. The number of hydrogen-bond acceptors (Lipinski definition) is 3. The maximum atomic E-state index is 12.0. The molecule has 1 aromatic heterocycles. The zero-order valence-corrected chi connectivity index (χ0v) is 14.7. The van der Waals surface area contributed by atoms with Crippen LogP contribution >= 0.6 is 0 Å². The van der Waals surface area contributed by atoms with E-state index in [1.54, 1.807) is 23.0 Å². The molecule has 0 radical (unpaired) electrons. The largest absolute Gasteiger partial charge is 0.348 e. The van der Waals surface area contributed by atoms with Gasteiger partial charge in [0, 0.05) is 38.0 Å². The van der Waals surface area contributed by atoms with Crippen LogP contribution < -0.4 is 5.32 Å². The summed E-state index contributed by atoms with van der Waals surface area (Å²) >= 11 is 0. The summed E-state index contributed by atoms with van der Waals surface area (Å²) in [5.41, 5.74) is 3.33. The highest BCUT2D eigenvalue weighted by Gasteiger charge is 2.06. The molecule has 0 spiro atoms. The summed E-state index contributed by atoms with van der Waals surface area (Å²) in [5.74, 6) is -0.100. The molecule has 1 heterocycles. The van der Waals surface area contributed by atoms with Crippen molar-refractivity contribution in [1.82, 2.24) is 20.0 Å². The monoisotopic (exact) mass is 326 g/mol. The second kappa shape index (κ2) is 9.03. The molecule has 5 nitrogen and oxygen atoms in total. The van der Waals surface area contributed by atoms with Crippen LogP contribution in [0.25, 0.3) is 6.08 Å². The van der Waals surface area contributed by atoms with Crippen molar-refractivity contribution >= 4 is 12.0 Å². The molecule has 0 saturated heterocycles. The average Bonchev–Trinajstić information content (AvgIpc) is 3.02. The van der Waals surface area contributed by atoms with E-state index in [0.29, 0.717) is 6.54 Å². The molecule has 1 amide bonds. The number of nitrogens with one attached hydrogen (secondary N) is 1. The molecule has 24 heavy (non-hydrogen) atoms. The Labute approximate surface area is 144 Å². The van der Waals surface area contributed by atoms with Crippen molar-refractivity contribution in [2.45, 2.75) is 26.9 Å². The first-order chi connectivity index (χ1) is 11.6. The van der Waals surface area contributed by atoms with E-state index < -0.39 is 0 Å². The molecule has 0 aliphatic carbocycles. The van der Waals surface area contributed by atoms with Gasteiger partial charge in [0.2, 0.25) is 5.91 Å². The van der Waals surface area contributed by atoms with Gasteiger partial charge in [-0.25, -0.2) is 0 Å². The molecule has 5 heteroatoms. The van der Waals surface area contributed by atoms with Gasteiger partial charge in [-0.3, -0.25) is 14.4 Å². The minimum Gasteiger partial charge on any atom is -0.348 e. The van der Waals surface area contributed by atoms with Gasteiger partial charge >= 0.3 is 0 Å². The van der Waals surface area contributed by atoms with Crippen LogP contribution in [-0.4, -0.2) is 33.7 Å². The molecule has 0 unspecified atom stereocenters. The fraction of sp³-hybridized carbons (Fsp3) is 0.368. The Kier molecular flexibility index (Phi) is 6.75. The van der Waals surface area contributed by atoms with Gasteiger partial charge in [0.05, 0.1) is 6.20 Å². The van der Waals surface area contributed by atoms with Crippen LogP contribution in [0.1, 0.15) is 30.5 Å². The second-order valence-corrected chi connectivity index (χ2v) is 5.73. The molecular formula is C19H26N4O. The van der Waals surface area contributed by atoms with Gasteiger partial charge in [-0.05, 0) is 30.3 Å². The fourth-order valence-electron chi connectivity index (χ4n) is 2.51. The summed E-state index contributed by atoms with van der Waals surface area (Å²) in [6.45, 7) is 7.81. The predicted molar refractivity (Wildman–Crippen MR) is 97.2 cm³/mol. The molecule has 0 bridgehead atoms. The van der Waals surface area contributed by atoms with Crippen molar-refractivity contribution in [3.63, 3.8) is 0 Å². The van der Waals surface area contributed by atoms with E-state index in [2.05, 4.69) is 41.3 Å². The lowest BCUT2D eigenvalue weighted by molar-refractivity contribution is -0.116. The predicted octanol–water partition coefficient (Wildman–Crippen LogP) is 2.59. The molecule has 1 N–H and O–H groups in total. The molecule has 0 atom stereocenters. The normalized spacial score (nSPS) is 11.3. The third-order valence-corrected chi connectivity index (χ3v) is 4.01. The molecule has 1 aromatic carbocycles. The molecule has 2 aromatic rings. The van der Waals surface area contributed by atoms with Crippen molar-refractivity contribution in [3.8, 4) is 0 Å². The van der Waals surface area contributed by atoms with Gasteiger partial charge in [0.15, 0.2) is 0 Å². The average molecular weight is 326 g/mol. The molecule has 0 fully saturated rings. The van der Waals surface area contributed by atoms with E-state index in [-0.39, 0.29) is 5.91 Å². The number of hydrogen-bond donors (Lipinski definition) is 1. The minimum atomic E-state index is -0.100. The van der Waals surface area contributed by atoms with E-state index in [1.165, 1.54) is 5.56 Å².